The van der Waals surface area contributed by atoms with Crippen molar-refractivity contribution in [3.8, 4) is 0 Å². The normalized spacial score (nSPS) is 10.2. The minimum absolute atomic E-state index is 0.248. The summed E-state index contributed by atoms with van der Waals surface area (Å²) in [5, 5.41) is 2.96. The number of hydrogen-bond donors (Lipinski definition) is 1. The van der Waals surface area contributed by atoms with Crippen molar-refractivity contribution in [1.82, 2.24) is 5.32 Å². The quantitative estimate of drug-likeness (QED) is 0.741. The number of rotatable bonds is 4. The van der Waals surface area contributed by atoms with E-state index in [4.69, 9.17) is 0 Å². The lowest BCUT2D eigenvalue weighted by molar-refractivity contribution is 0.112. The molecule has 76 valence electrons. The van der Waals surface area contributed by atoms with Crippen molar-refractivity contribution in [2.75, 3.05) is 13.6 Å². The molecule has 0 saturated carbocycles. The van der Waals surface area contributed by atoms with Crippen molar-refractivity contribution in [1.29, 1.82) is 0 Å². The van der Waals surface area contributed by atoms with E-state index in [2.05, 4.69) is 5.32 Å². The summed E-state index contributed by atoms with van der Waals surface area (Å²) < 4.78 is 13.2. The molecule has 0 atom stereocenters. The monoisotopic (exact) mass is 195 g/mol. The van der Waals surface area contributed by atoms with Gasteiger partial charge in [-0.2, -0.15) is 0 Å². The molecule has 1 rings (SSSR count). The third kappa shape index (κ3) is 2.39. The Morgan fingerprint density at radius 3 is 2.79 bits per heavy atom. The van der Waals surface area contributed by atoms with Gasteiger partial charge < -0.3 is 5.32 Å². The Bertz CT molecular complexity index is 336. The highest BCUT2D eigenvalue weighted by molar-refractivity contribution is 5.77. The fourth-order valence-corrected chi connectivity index (χ4v) is 1.33. The summed E-state index contributed by atoms with van der Waals surface area (Å²) in [6, 6.07) is 3.03. The second-order valence-electron chi connectivity index (χ2n) is 3.27. The van der Waals surface area contributed by atoms with Crippen LogP contribution in [0.1, 0.15) is 21.5 Å². The number of aldehydes is 1. The first kappa shape index (κ1) is 10.9. The molecule has 0 aliphatic heterocycles. The third-order valence-corrected chi connectivity index (χ3v) is 2.19. The maximum absolute atomic E-state index is 13.2. The molecule has 0 bridgehead atoms. The van der Waals surface area contributed by atoms with Crippen molar-refractivity contribution < 1.29 is 9.18 Å². The van der Waals surface area contributed by atoms with Gasteiger partial charge in [-0.25, -0.2) is 4.39 Å². The van der Waals surface area contributed by atoms with Gasteiger partial charge in [0.2, 0.25) is 0 Å². The minimum Gasteiger partial charge on any atom is -0.319 e. The van der Waals surface area contributed by atoms with Gasteiger partial charge in [-0.05, 0) is 50.2 Å². The fraction of sp³-hybridized carbons (Fsp3) is 0.364. The van der Waals surface area contributed by atoms with Crippen LogP contribution in [0.25, 0.3) is 0 Å². The summed E-state index contributed by atoms with van der Waals surface area (Å²) in [6.45, 7) is 2.40. The molecule has 1 N–H and O–H groups in total. The number of likely N-dealkylation sites (N-methyl/N-ethyl adjacent to an activating group) is 1. The van der Waals surface area contributed by atoms with Crippen LogP contribution in [0.15, 0.2) is 12.1 Å². The second-order valence-corrected chi connectivity index (χ2v) is 3.27. The highest BCUT2D eigenvalue weighted by Gasteiger charge is 2.05. The van der Waals surface area contributed by atoms with E-state index >= 15 is 0 Å². The molecule has 2 nitrogen and oxygen atoms in total. The fourth-order valence-electron chi connectivity index (χ4n) is 1.33. The second kappa shape index (κ2) is 4.86. The van der Waals surface area contributed by atoms with E-state index in [-0.39, 0.29) is 5.82 Å². The van der Waals surface area contributed by atoms with Gasteiger partial charge in [-0.15, -0.1) is 0 Å². The summed E-state index contributed by atoms with van der Waals surface area (Å²) >= 11 is 0. The summed E-state index contributed by atoms with van der Waals surface area (Å²) in [4.78, 5) is 10.7. The Hall–Kier alpha value is -1.22. The number of carbonyl (C=O) groups excluding carboxylic acids is 1. The van der Waals surface area contributed by atoms with Crippen molar-refractivity contribution in [2.45, 2.75) is 13.3 Å². The molecule has 14 heavy (non-hydrogen) atoms. The number of benzene rings is 1. The van der Waals surface area contributed by atoms with E-state index in [1.54, 1.807) is 13.0 Å². The molecule has 0 aromatic heterocycles. The zero-order chi connectivity index (χ0) is 10.6. The third-order valence-electron chi connectivity index (χ3n) is 2.19. The lowest BCUT2D eigenvalue weighted by atomic mass is 10.0. The van der Waals surface area contributed by atoms with E-state index in [0.717, 1.165) is 18.4 Å². The van der Waals surface area contributed by atoms with Gasteiger partial charge in [0.1, 0.15) is 12.1 Å². The lowest BCUT2D eigenvalue weighted by Crippen LogP contribution is -2.11. The molecule has 3 heteroatoms. The average molecular weight is 195 g/mol. The van der Waals surface area contributed by atoms with Crippen LogP contribution in [0.5, 0.6) is 0 Å². The topological polar surface area (TPSA) is 29.1 Å². The molecule has 0 spiro atoms. The molecule has 0 heterocycles. The maximum Gasteiger partial charge on any atom is 0.150 e. The van der Waals surface area contributed by atoms with Gasteiger partial charge in [0.25, 0.3) is 0 Å². The van der Waals surface area contributed by atoms with Crippen LogP contribution < -0.4 is 5.32 Å². The van der Waals surface area contributed by atoms with Crippen molar-refractivity contribution in [2.24, 2.45) is 0 Å². The Morgan fingerprint density at radius 2 is 2.21 bits per heavy atom. The van der Waals surface area contributed by atoms with Gasteiger partial charge in [-0.3, -0.25) is 4.79 Å². The van der Waals surface area contributed by atoms with Crippen LogP contribution in [0.4, 0.5) is 4.39 Å². The molecular formula is C11H14FNO. The number of halogens is 1. The van der Waals surface area contributed by atoms with E-state index in [9.17, 15) is 9.18 Å². The SMILES string of the molecule is CNCCc1cc(F)c(C)cc1C=O. The van der Waals surface area contributed by atoms with Gasteiger partial charge in [0.05, 0.1) is 0 Å². The Morgan fingerprint density at radius 1 is 1.50 bits per heavy atom. The van der Waals surface area contributed by atoms with Crippen LogP contribution in [-0.2, 0) is 6.42 Å². The molecule has 0 aliphatic carbocycles. The maximum atomic E-state index is 13.2. The Balaban J connectivity index is 3.00. The van der Waals surface area contributed by atoms with Crippen molar-refractivity contribution in [3.05, 3.63) is 34.6 Å². The minimum atomic E-state index is -0.248. The van der Waals surface area contributed by atoms with Crippen LogP contribution >= 0.6 is 0 Å². The molecule has 0 aliphatic rings. The molecule has 1 aromatic carbocycles. The Kier molecular flexibility index (Phi) is 3.77. The van der Waals surface area contributed by atoms with Gasteiger partial charge >= 0.3 is 0 Å². The number of nitrogens with one attached hydrogen (secondary N) is 1. The van der Waals surface area contributed by atoms with Crippen LogP contribution in [0.3, 0.4) is 0 Å². The Labute approximate surface area is 83.1 Å². The molecule has 0 unspecified atom stereocenters. The van der Waals surface area contributed by atoms with Crippen LogP contribution in [0.2, 0.25) is 0 Å². The summed E-state index contributed by atoms with van der Waals surface area (Å²) in [6.07, 6.45) is 1.44. The molecule has 0 amide bonds. The predicted octanol–water partition coefficient (Wildman–Crippen LogP) is 1.71. The highest BCUT2D eigenvalue weighted by Crippen LogP contribution is 2.14. The molecule has 0 radical (unpaired) electrons. The smallest absolute Gasteiger partial charge is 0.150 e. The van der Waals surface area contributed by atoms with E-state index in [0.29, 0.717) is 17.5 Å². The standard InChI is InChI=1S/C11H14FNO/c1-8-5-10(7-14)9(3-4-13-2)6-11(8)12/h5-7,13H,3-4H2,1-2H3. The van der Waals surface area contributed by atoms with Gasteiger partial charge in [-0.1, -0.05) is 0 Å². The largest absolute Gasteiger partial charge is 0.319 e. The summed E-state index contributed by atoms with van der Waals surface area (Å²) in [5.74, 6) is -0.248. The highest BCUT2D eigenvalue weighted by atomic mass is 19.1. The molecule has 0 fully saturated rings. The summed E-state index contributed by atoms with van der Waals surface area (Å²) in [5.41, 5.74) is 1.86. The summed E-state index contributed by atoms with van der Waals surface area (Å²) in [7, 11) is 1.82. The number of hydrogen-bond acceptors (Lipinski definition) is 2. The molecular weight excluding hydrogens is 181 g/mol. The van der Waals surface area contributed by atoms with E-state index in [1.807, 2.05) is 7.05 Å². The number of aryl methyl sites for hydroxylation is 1. The molecule has 0 saturated heterocycles. The zero-order valence-corrected chi connectivity index (χ0v) is 8.43. The average Bonchev–Trinajstić information content (AvgIpc) is 2.19. The lowest BCUT2D eigenvalue weighted by Gasteiger charge is -2.06. The molecule has 1 aromatic rings. The van der Waals surface area contributed by atoms with Crippen molar-refractivity contribution >= 4 is 6.29 Å². The first-order valence-electron chi connectivity index (χ1n) is 4.58. The zero-order valence-electron chi connectivity index (χ0n) is 8.43. The van der Waals surface area contributed by atoms with Crippen LogP contribution in [0, 0.1) is 12.7 Å². The van der Waals surface area contributed by atoms with Gasteiger partial charge in [0, 0.05) is 5.56 Å². The van der Waals surface area contributed by atoms with E-state index in [1.165, 1.54) is 6.07 Å². The van der Waals surface area contributed by atoms with Crippen molar-refractivity contribution in [3.63, 3.8) is 0 Å². The number of carbonyl (C=O) groups is 1. The van der Waals surface area contributed by atoms with Gasteiger partial charge in [0.15, 0.2) is 0 Å². The van der Waals surface area contributed by atoms with Crippen LogP contribution in [-0.4, -0.2) is 19.9 Å². The first-order valence-corrected chi connectivity index (χ1v) is 4.58. The predicted molar refractivity (Wildman–Crippen MR) is 54.2 cm³/mol. The first-order chi connectivity index (χ1) is 6.69. The van der Waals surface area contributed by atoms with E-state index < -0.39 is 0 Å².